The normalized spacial score (nSPS) is 14.7. The van der Waals surface area contributed by atoms with E-state index in [0.29, 0.717) is 6.42 Å². The number of ether oxygens (including phenoxy) is 1. The molecule has 1 N–H and O–H groups in total. The van der Waals surface area contributed by atoms with Gasteiger partial charge in [-0.25, -0.2) is 4.98 Å². The fraction of sp³-hybridized carbons (Fsp3) is 0.360. The number of fused-ring (bicyclic) bond motifs is 1. The summed E-state index contributed by atoms with van der Waals surface area (Å²) in [6.45, 7) is 6.57. The molecule has 0 atom stereocenters. The highest BCUT2D eigenvalue weighted by molar-refractivity contribution is 5.95. The van der Waals surface area contributed by atoms with Gasteiger partial charge in [0.1, 0.15) is 11.6 Å². The number of pyridine rings is 1. The number of nitrogens with one attached hydrogen (secondary N) is 1. The van der Waals surface area contributed by atoms with Crippen LogP contribution < -0.4 is 15.0 Å². The van der Waals surface area contributed by atoms with Crippen LogP contribution in [0.5, 0.6) is 5.75 Å². The van der Waals surface area contributed by atoms with Crippen molar-refractivity contribution in [2.24, 2.45) is 5.92 Å². The van der Waals surface area contributed by atoms with E-state index in [1.165, 1.54) is 18.4 Å². The fourth-order valence-electron chi connectivity index (χ4n) is 3.99. The van der Waals surface area contributed by atoms with E-state index in [9.17, 15) is 4.79 Å². The van der Waals surface area contributed by atoms with E-state index in [4.69, 9.17) is 9.72 Å². The average molecular weight is 404 g/mol. The predicted octanol–water partition coefficient (Wildman–Crippen LogP) is 4.97. The molecular weight excluding hydrogens is 374 g/mol. The van der Waals surface area contributed by atoms with Gasteiger partial charge in [-0.3, -0.25) is 4.79 Å². The van der Waals surface area contributed by atoms with Gasteiger partial charge in [-0.15, -0.1) is 0 Å². The number of anilines is 2. The summed E-state index contributed by atoms with van der Waals surface area (Å²) in [5.74, 6) is 2.61. The van der Waals surface area contributed by atoms with Crippen molar-refractivity contribution in [1.29, 1.82) is 0 Å². The molecule has 0 spiro atoms. The first-order chi connectivity index (χ1) is 14.5. The van der Waals surface area contributed by atoms with Crippen molar-refractivity contribution in [2.45, 2.75) is 33.1 Å². The van der Waals surface area contributed by atoms with Crippen LogP contribution in [0.2, 0.25) is 0 Å². The highest BCUT2D eigenvalue weighted by Crippen LogP contribution is 2.28. The molecule has 30 heavy (non-hydrogen) atoms. The zero-order valence-electron chi connectivity index (χ0n) is 17.9. The molecule has 0 unspecified atom stereocenters. The Morgan fingerprint density at radius 3 is 2.57 bits per heavy atom. The summed E-state index contributed by atoms with van der Waals surface area (Å²) < 4.78 is 5.16. The molecule has 0 bridgehead atoms. The Labute approximate surface area is 178 Å². The Bertz CT molecular complexity index is 1040. The number of benzene rings is 2. The number of hydrogen-bond acceptors (Lipinski definition) is 4. The second-order valence-electron chi connectivity index (χ2n) is 8.27. The standard InChI is InChI=1S/C25H29N3O2/c1-17-10-12-28(13-11-17)24-14-18(2)22-16-20(6-9-23(22)27-24)26-25(29)15-19-4-7-21(30-3)8-5-19/h4-9,14,16-17H,10-13,15H2,1-3H3,(H,26,29). The van der Waals surface area contributed by atoms with Gasteiger partial charge in [0.2, 0.25) is 5.91 Å². The molecule has 2 heterocycles. The Morgan fingerprint density at radius 2 is 1.87 bits per heavy atom. The number of methoxy groups -OCH3 is 1. The van der Waals surface area contributed by atoms with Gasteiger partial charge in [0.05, 0.1) is 19.0 Å². The van der Waals surface area contributed by atoms with Gasteiger partial charge in [-0.2, -0.15) is 0 Å². The maximum Gasteiger partial charge on any atom is 0.228 e. The van der Waals surface area contributed by atoms with Crippen LogP contribution in [0.25, 0.3) is 10.9 Å². The SMILES string of the molecule is COc1ccc(CC(=O)Nc2ccc3nc(N4CCC(C)CC4)cc(C)c3c2)cc1. The highest BCUT2D eigenvalue weighted by Gasteiger charge is 2.18. The summed E-state index contributed by atoms with van der Waals surface area (Å²) in [7, 11) is 1.63. The Kier molecular flexibility index (Phi) is 5.88. The summed E-state index contributed by atoms with van der Waals surface area (Å²) in [5, 5.41) is 4.09. The number of rotatable bonds is 5. The number of carbonyl (C=O) groups is 1. The number of hydrogen-bond donors (Lipinski definition) is 1. The van der Waals surface area contributed by atoms with Crippen LogP contribution in [-0.2, 0) is 11.2 Å². The molecule has 1 aromatic heterocycles. The lowest BCUT2D eigenvalue weighted by molar-refractivity contribution is -0.115. The van der Waals surface area contributed by atoms with Crippen molar-refractivity contribution in [3.05, 3.63) is 59.7 Å². The van der Waals surface area contributed by atoms with Crippen LogP contribution in [-0.4, -0.2) is 31.1 Å². The molecule has 1 fully saturated rings. The van der Waals surface area contributed by atoms with Gasteiger partial charge in [-0.05, 0) is 73.2 Å². The molecule has 4 rings (SSSR count). The molecule has 5 nitrogen and oxygen atoms in total. The minimum atomic E-state index is -0.0378. The molecular formula is C25H29N3O2. The van der Waals surface area contributed by atoms with Crippen LogP contribution in [0, 0.1) is 12.8 Å². The lowest BCUT2D eigenvalue weighted by atomic mass is 9.99. The van der Waals surface area contributed by atoms with Gasteiger partial charge in [-0.1, -0.05) is 19.1 Å². The first-order valence-electron chi connectivity index (χ1n) is 10.6. The van der Waals surface area contributed by atoms with Crippen molar-refractivity contribution in [1.82, 2.24) is 4.98 Å². The van der Waals surface area contributed by atoms with Crippen molar-refractivity contribution in [3.63, 3.8) is 0 Å². The van der Waals surface area contributed by atoms with E-state index in [1.54, 1.807) is 7.11 Å². The van der Waals surface area contributed by atoms with E-state index in [2.05, 4.69) is 30.1 Å². The quantitative estimate of drug-likeness (QED) is 0.654. The van der Waals surface area contributed by atoms with Crippen LogP contribution in [0.15, 0.2) is 48.5 Å². The van der Waals surface area contributed by atoms with Crippen molar-refractivity contribution < 1.29 is 9.53 Å². The number of carbonyl (C=O) groups excluding carboxylic acids is 1. The topological polar surface area (TPSA) is 54.5 Å². The third-order valence-corrected chi connectivity index (χ3v) is 5.92. The molecule has 156 valence electrons. The maximum absolute atomic E-state index is 12.5. The number of aromatic nitrogens is 1. The lowest BCUT2D eigenvalue weighted by Crippen LogP contribution is -2.33. The van der Waals surface area contributed by atoms with Gasteiger partial charge in [0.15, 0.2) is 0 Å². The summed E-state index contributed by atoms with van der Waals surface area (Å²) >= 11 is 0. The predicted molar refractivity (Wildman–Crippen MR) is 122 cm³/mol. The third-order valence-electron chi connectivity index (χ3n) is 5.92. The second-order valence-corrected chi connectivity index (χ2v) is 8.27. The molecule has 1 amide bonds. The minimum absolute atomic E-state index is 0.0378. The van der Waals surface area contributed by atoms with Gasteiger partial charge in [0, 0.05) is 24.2 Å². The average Bonchev–Trinajstić information content (AvgIpc) is 2.75. The van der Waals surface area contributed by atoms with Gasteiger partial charge >= 0.3 is 0 Å². The summed E-state index contributed by atoms with van der Waals surface area (Å²) in [6, 6.07) is 15.7. The Morgan fingerprint density at radius 1 is 1.13 bits per heavy atom. The van der Waals surface area contributed by atoms with Crippen LogP contribution in [0.4, 0.5) is 11.5 Å². The summed E-state index contributed by atoms with van der Waals surface area (Å²) in [4.78, 5) is 19.8. The van der Waals surface area contributed by atoms with Gasteiger partial charge in [0.25, 0.3) is 0 Å². The number of amides is 1. The molecule has 1 saturated heterocycles. The third kappa shape index (κ3) is 4.56. The molecule has 1 aliphatic rings. The van der Waals surface area contributed by atoms with Crippen molar-refractivity contribution in [3.8, 4) is 5.75 Å². The Balaban J connectivity index is 1.48. The van der Waals surface area contributed by atoms with Crippen LogP contribution >= 0.6 is 0 Å². The first kappa shape index (κ1) is 20.2. The van der Waals surface area contributed by atoms with Crippen LogP contribution in [0.3, 0.4) is 0 Å². The molecule has 3 aromatic rings. The first-order valence-corrected chi connectivity index (χ1v) is 10.6. The monoisotopic (exact) mass is 403 g/mol. The Hall–Kier alpha value is -3.08. The lowest BCUT2D eigenvalue weighted by Gasteiger charge is -2.31. The minimum Gasteiger partial charge on any atom is -0.497 e. The fourth-order valence-corrected chi connectivity index (χ4v) is 3.99. The molecule has 0 saturated carbocycles. The molecule has 5 heteroatoms. The smallest absolute Gasteiger partial charge is 0.228 e. The summed E-state index contributed by atoms with van der Waals surface area (Å²) in [6.07, 6.45) is 2.77. The zero-order valence-corrected chi connectivity index (χ0v) is 17.9. The maximum atomic E-state index is 12.5. The van der Waals surface area contributed by atoms with E-state index in [1.807, 2.05) is 42.5 Å². The second kappa shape index (κ2) is 8.74. The van der Waals surface area contributed by atoms with Gasteiger partial charge < -0.3 is 15.0 Å². The van der Waals surface area contributed by atoms with E-state index < -0.39 is 0 Å². The molecule has 1 aliphatic heterocycles. The number of nitrogens with zero attached hydrogens (tertiary/aromatic N) is 2. The summed E-state index contributed by atoms with van der Waals surface area (Å²) in [5.41, 5.74) is 3.90. The molecule has 0 radical (unpaired) electrons. The molecule has 0 aliphatic carbocycles. The van der Waals surface area contributed by atoms with E-state index in [-0.39, 0.29) is 5.91 Å². The van der Waals surface area contributed by atoms with E-state index >= 15 is 0 Å². The van der Waals surface area contributed by atoms with E-state index in [0.717, 1.165) is 52.7 Å². The molecule has 2 aromatic carbocycles. The number of piperidine rings is 1. The van der Waals surface area contributed by atoms with Crippen LogP contribution in [0.1, 0.15) is 30.9 Å². The van der Waals surface area contributed by atoms with Crippen molar-refractivity contribution >= 4 is 28.3 Å². The number of aryl methyl sites for hydroxylation is 1. The largest absolute Gasteiger partial charge is 0.497 e. The highest BCUT2D eigenvalue weighted by atomic mass is 16.5. The van der Waals surface area contributed by atoms with Crippen molar-refractivity contribution in [2.75, 3.05) is 30.4 Å². The zero-order chi connectivity index (χ0) is 21.1.